The van der Waals surface area contributed by atoms with Crippen LogP contribution >= 0.6 is 15.9 Å². The van der Waals surface area contributed by atoms with Gasteiger partial charge in [0.1, 0.15) is 23.7 Å². The molecule has 0 aliphatic heterocycles. The Morgan fingerprint density at radius 2 is 2.20 bits per heavy atom. The van der Waals surface area contributed by atoms with Crippen LogP contribution in [0, 0.1) is 6.92 Å². The highest BCUT2D eigenvalue weighted by molar-refractivity contribution is 9.10. The summed E-state index contributed by atoms with van der Waals surface area (Å²) in [6.45, 7) is 6.17. The van der Waals surface area contributed by atoms with Crippen molar-refractivity contribution in [1.29, 1.82) is 0 Å². The summed E-state index contributed by atoms with van der Waals surface area (Å²) in [5.74, 6) is 0.809. The molecule has 20 heavy (non-hydrogen) atoms. The smallest absolute Gasteiger partial charge is 0.145 e. The maximum atomic E-state index is 5.72. The van der Waals surface area contributed by atoms with Crippen molar-refractivity contribution >= 4 is 15.9 Å². The Kier molecular flexibility index (Phi) is 5.55. The molecule has 0 bridgehead atoms. The van der Waals surface area contributed by atoms with E-state index in [1.54, 1.807) is 0 Å². The van der Waals surface area contributed by atoms with Gasteiger partial charge in [-0.2, -0.15) is 0 Å². The van der Waals surface area contributed by atoms with Gasteiger partial charge in [0.25, 0.3) is 0 Å². The largest absolute Gasteiger partial charge is 0.487 e. The summed E-state index contributed by atoms with van der Waals surface area (Å²) in [7, 11) is 0. The van der Waals surface area contributed by atoms with E-state index in [4.69, 9.17) is 4.74 Å². The molecule has 2 aromatic rings. The molecule has 1 aromatic heterocycles. The zero-order valence-corrected chi connectivity index (χ0v) is 13.2. The van der Waals surface area contributed by atoms with E-state index in [2.05, 4.69) is 43.1 Å². The van der Waals surface area contributed by atoms with E-state index in [-0.39, 0.29) is 0 Å². The molecule has 1 N–H and O–H groups in total. The van der Waals surface area contributed by atoms with Gasteiger partial charge < -0.3 is 10.1 Å². The van der Waals surface area contributed by atoms with Gasteiger partial charge in [-0.1, -0.05) is 33.2 Å². The minimum atomic E-state index is 0.360. The topological polar surface area (TPSA) is 60.2 Å². The number of aryl methyl sites for hydroxylation is 1. The van der Waals surface area contributed by atoms with Crippen molar-refractivity contribution in [1.82, 2.24) is 15.6 Å². The molecule has 2 rings (SSSR count). The summed E-state index contributed by atoms with van der Waals surface area (Å²) >= 11 is 3.55. The Bertz CT molecular complexity index is 557. The van der Waals surface area contributed by atoms with Gasteiger partial charge >= 0.3 is 0 Å². The van der Waals surface area contributed by atoms with Crippen molar-refractivity contribution in [2.45, 2.75) is 33.4 Å². The summed E-state index contributed by atoms with van der Waals surface area (Å²) in [5, 5.41) is 10.9. The Morgan fingerprint density at radius 3 is 2.90 bits per heavy atom. The van der Waals surface area contributed by atoms with Crippen molar-refractivity contribution in [2.75, 3.05) is 6.54 Å². The lowest BCUT2D eigenvalue weighted by molar-refractivity contribution is 0.270. The van der Waals surface area contributed by atoms with Gasteiger partial charge in [0, 0.05) is 11.0 Å². The zero-order valence-electron chi connectivity index (χ0n) is 11.6. The van der Waals surface area contributed by atoms with E-state index < -0.39 is 0 Å². The fourth-order valence-electron chi connectivity index (χ4n) is 1.71. The fraction of sp³-hybridized carbons (Fsp3) is 0.429. The number of hydrogen-bond acceptors (Lipinski definition) is 5. The Morgan fingerprint density at radius 1 is 1.35 bits per heavy atom. The lowest BCUT2D eigenvalue weighted by Gasteiger charge is -2.09. The number of halogens is 1. The second kappa shape index (κ2) is 7.40. The van der Waals surface area contributed by atoms with Crippen molar-refractivity contribution < 1.29 is 9.37 Å². The molecule has 0 fully saturated rings. The van der Waals surface area contributed by atoms with Crippen molar-refractivity contribution in [2.24, 2.45) is 0 Å². The van der Waals surface area contributed by atoms with Crippen LogP contribution in [-0.2, 0) is 13.2 Å². The zero-order chi connectivity index (χ0) is 14.4. The molecule has 5 nitrogen and oxygen atoms in total. The van der Waals surface area contributed by atoms with Crippen molar-refractivity contribution in [3.63, 3.8) is 0 Å². The van der Waals surface area contributed by atoms with Crippen LogP contribution in [0.25, 0.3) is 0 Å². The number of aromatic nitrogens is 2. The summed E-state index contributed by atoms with van der Waals surface area (Å²) in [5.41, 5.74) is 2.65. The molecule has 1 heterocycles. The van der Waals surface area contributed by atoms with E-state index >= 15 is 0 Å². The van der Waals surface area contributed by atoms with E-state index in [0.29, 0.717) is 6.61 Å². The van der Waals surface area contributed by atoms with Crippen LogP contribution < -0.4 is 10.1 Å². The molecule has 0 saturated carbocycles. The molecule has 0 saturated heterocycles. The Labute approximate surface area is 126 Å². The van der Waals surface area contributed by atoms with Crippen LogP contribution in [0.15, 0.2) is 27.3 Å². The van der Waals surface area contributed by atoms with Gasteiger partial charge in [0.05, 0.1) is 0 Å². The number of nitrogens with zero attached hydrogens (tertiary/aromatic N) is 2. The average Bonchev–Trinajstić information content (AvgIpc) is 2.85. The molecule has 1 aromatic carbocycles. The molecule has 108 valence electrons. The van der Waals surface area contributed by atoms with E-state index in [1.165, 1.54) is 5.56 Å². The highest BCUT2D eigenvalue weighted by atomic mass is 79.9. The minimum absolute atomic E-state index is 0.360. The minimum Gasteiger partial charge on any atom is -0.487 e. The Hall–Kier alpha value is -1.40. The van der Waals surface area contributed by atoms with Crippen molar-refractivity contribution in [3.8, 4) is 5.75 Å². The molecule has 0 aliphatic carbocycles. The molecular weight excluding hydrogens is 322 g/mol. The predicted octanol–water partition coefficient (Wildman–Crippen LogP) is 3.22. The number of nitrogens with one attached hydrogen (secondary N) is 1. The second-order valence-electron chi connectivity index (χ2n) is 4.51. The SMILES string of the molecule is CCCNCc1cc(OCc2nonc2C)ccc1Br. The average molecular weight is 340 g/mol. The number of rotatable bonds is 7. The van der Waals surface area contributed by atoms with E-state index in [9.17, 15) is 0 Å². The first-order valence-electron chi connectivity index (χ1n) is 6.60. The van der Waals surface area contributed by atoms with Gasteiger partial charge in [-0.25, -0.2) is 4.63 Å². The van der Waals surface area contributed by atoms with E-state index in [0.717, 1.165) is 41.1 Å². The summed E-state index contributed by atoms with van der Waals surface area (Å²) in [6.07, 6.45) is 1.12. The van der Waals surface area contributed by atoms with Gasteiger partial charge in [0.15, 0.2) is 0 Å². The van der Waals surface area contributed by atoms with Gasteiger partial charge in [-0.05, 0) is 43.7 Å². The maximum absolute atomic E-state index is 5.72. The van der Waals surface area contributed by atoms with E-state index in [1.807, 2.05) is 25.1 Å². The van der Waals surface area contributed by atoms with Crippen LogP contribution in [0.4, 0.5) is 0 Å². The third kappa shape index (κ3) is 4.05. The van der Waals surface area contributed by atoms with Gasteiger partial charge in [-0.15, -0.1) is 0 Å². The lowest BCUT2D eigenvalue weighted by atomic mass is 10.2. The maximum Gasteiger partial charge on any atom is 0.145 e. The van der Waals surface area contributed by atoms with Gasteiger partial charge in [0.2, 0.25) is 0 Å². The Balaban J connectivity index is 1.98. The van der Waals surface area contributed by atoms with Crippen molar-refractivity contribution in [3.05, 3.63) is 39.6 Å². The molecule has 0 amide bonds. The first kappa shape index (κ1) is 15.0. The third-order valence-corrected chi connectivity index (χ3v) is 3.65. The molecule has 0 aliphatic rings. The number of ether oxygens (including phenoxy) is 1. The predicted molar refractivity (Wildman–Crippen MR) is 79.5 cm³/mol. The highest BCUT2D eigenvalue weighted by Crippen LogP contribution is 2.23. The fourth-order valence-corrected chi connectivity index (χ4v) is 2.10. The summed E-state index contributed by atoms with van der Waals surface area (Å²) in [6, 6.07) is 5.94. The highest BCUT2D eigenvalue weighted by Gasteiger charge is 2.07. The summed E-state index contributed by atoms with van der Waals surface area (Å²) < 4.78 is 11.4. The van der Waals surface area contributed by atoms with Crippen LogP contribution in [0.2, 0.25) is 0 Å². The molecule has 0 spiro atoms. The summed E-state index contributed by atoms with van der Waals surface area (Å²) in [4.78, 5) is 0. The monoisotopic (exact) mass is 339 g/mol. The normalized spacial score (nSPS) is 10.8. The molecule has 0 unspecified atom stereocenters. The third-order valence-electron chi connectivity index (χ3n) is 2.88. The van der Waals surface area contributed by atoms with Crippen LogP contribution in [0.5, 0.6) is 5.75 Å². The first-order chi connectivity index (χ1) is 9.70. The van der Waals surface area contributed by atoms with Crippen LogP contribution in [0.1, 0.15) is 30.3 Å². The van der Waals surface area contributed by atoms with Crippen LogP contribution in [-0.4, -0.2) is 16.9 Å². The standard InChI is InChI=1S/C14H18BrN3O2/c1-3-6-16-8-11-7-12(4-5-13(11)15)19-9-14-10(2)17-20-18-14/h4-5,7,16H,3,6,8-9H2,1-2H3. The molecular formula is C14H18BrN3O2. The quantitative estimate of drug-likeness (QED) is 0.784. The first-order valence-corrected chi connectivity index (χ1v) is 7.40. The number of benzene rings is 1. The van der Waals surface area contributed by atoms with Crippen LogP contribution in [0.3, 0.4) is 0 Å². The lowest BCUT2D eigenvalue weighted by Crippen LogP contribution is -2.14. The molecule has 0 radical (unpaired) electrons. The second-order valence-corrected chi connectivity index (χ2v) is 5.37. The number of hydrogen-bond donors (Lipinski definition) is 1. The van der Waals surface area contributed by atoms with Gasteiger partial charge in [-0.3, -0.25) is 0 Å². The molecule has 0 atom stereocenters. The molecule has 6 heteroatoms.